The Labute approximate surface area is 108 Å². The molecule has 2 bridgehead atoms. The summed E-state index contributed by atoms with van der Waals surface area (Å²) in [5, 5.41) is 2.60. The van der Waals surface area contributed by atoms with Crippen LogP contribution in [0, 0.1) is 12.8 Å². The number of aryl methyl sites for hydroxylation is 1. The maximum absolute atomic E-state index is 12.2. The molecular formula is C12H15N3O4. The SMILES string of the molecule is Cc1[nH]c(=O)[nH]c(=O)c1NC(=O)[C@@H]1C[C@H]2CC[C@@H]1O2. The molecule has 1 aromatic heterocycles. The molecule has 102 valence electrons. The zero-order valence-electron chi connectivity index (χ0n) is 10.5. The van der Waals surface area contributed by atoms with E-state index in [0.29, 0.717) is 12.1 Å². The standard InChI is InChI=1S/C12H15N3O4/c1-5-9(11(17)15-12(18)13-5)14-10(16)7-4-6-2-3-8(7)19-6/h6-8H,2-4H2,1H3,(H,14,16)(H2,13,15,17,18)/t6-,7-,8+/m1/s1. The van der Waals surface area contributed by atoms with Crippen LogP contribution in [0.5, 0.6) is 0 Å². The highest BCUT2D eigenvalue weighted by Crippen LogP contribution is 2.39. The van der Waals surface area contributed by atoms with Gasteiger partial charge in [-0.05, 0) is 26.2 Å². The Morgan fingerprint density at radius 3 is 2.68 bits per heavy atom. The summed E-state index contributed by atoms with van der Waals surface area (Å²) in [6, 6.07) is 0. The van der Waals surface area contributed by atoms with E-state index in [1.165, 1.54) is 0 Å². The van der Waals surface area contributed by atoms with Gasteiger partial charge in [0.15, 0.2) is 0 Å². The van der Waals surface area contributed by atoms with Crippen molar-refractivity contribution in [1.29, 1.82) is 0 Å². The number of H-pyrrole nitrogens is 2. The zero-order chi connectivity index (χ0) is 13.6. The van der Waals surface area contributed by atoms with E-state index in [-0.39, 0.29) is 29.7 Å². The van der Waals surface area contributed by atoms with Crippen LogP contribution in [0.4, 0.5) is 5.69 Å². The minimum absolute atomic E-state index is 0.0350. The minimum atomic E-state index is -0.585. The van der Waals surface area contributed by atoms with Crippen molar-refractivity contribution in [2.75, 3.05) is 5.32 Å². The molecule has 3 atom stereocenters. The third-order valence-corrected chi connectivity index (χ3v) is 3.82. The highest BCUT2D eigenvalue weighted by Gasteiger charge is 2.44. The number of fused-ring (bicyclic) bond motifs is 2. The van der Waals surface area contributed by atoms with Crippen molar-refractivity contribution < 1.29 is 9.53 Å². The Balaban J connectivity index is 1.80. The molecule has 0 aromatic carbocycles. The van der Waals surface area contributed by atoms with Gasteiger partial charge in [-0.15, -0.1) is 0 Å². The topological polar surface area (TPSA) is 104 Å². The number of aromatic amines is 2. The number of carbonyl (C=O) groups is 1. The molecule has 0 aliphatic carbocycles. The van der Waals surface area contributed by atoms with Crippen molar-refractivity contribution >= 4 is 11.6 Å². The van der Waals surface area contributed by atoms with Crippen LogP contribution in [0.1, 0.15) is 25.0 Å². The maximum atomic E-state index is 12.2. The van der Waals surface area contributed by atoms with Crippen molar-refractivity contribution in [3.05, 3.63) is 26.5 Å². The largest absolute Gasteiger partial charge is 0.374 e. The Morgan fingerprint density at radius 2 is 2.11 bits per heavy atom. The first-order valence-corrected chi connectivity index (χ1v) is 6.34. The number of hydrogen-bond acceptors (Lipinski definition) is 4. The minimum Gasteiger partial charge on any atom is -0.374 e. The molecule has 7 heteroatoms. The highest BCUT2D eigenvalue weighted by atomic mass is 16.5. The molecule has 2 aliphatic heterocycles. The Kier molecular flexibility index (Phi) is 2.78. The molecule has 0 saturated carbocycles. The van der Waals surface area contributed by atoms with E-state index in [9.17, 15) is 14.4 Å². The van der Waals surface area contributed by atoms with Crippen LogP contribution in [0.2, 0.25) is 0 Å². The quantitative estimate of drug-likeness (QED) is 0.693. The van der Waals surface area contributed by atoms with Gasteiger partial charge in [0, 0.05) is 5.69 Å². The summed E-state index contributed by atoms with van der Waals surface area (Å²) in [5.74, 6) is -0.419. The van der Waals surface area contributed by atoms with E-state index < -0.39 is 11.2 Å². The summed E-state index contributed by atoms with van der Waals surface area (Å²) < 4.78 is 5.62. The van der Waals surface area contributed by atoms with Crippen LogP contribution in [0.15, 0.2) is 9.59 Å². The first-order valence-electron chi connectivity index (χ1n) is 6.34. The van der Waals surface area contributed by atoms with Gasteiger partial charge in [-0.3, -0.25) is 14.6 Å². The van der Waals surface area contributed by atoms with Crippen LogP contribution in [-0.4, -0.2) is 28.1 Å². The predicted molar refractivity (Wildman–Crippen MR) is 67.1 cm³/mol. The smallest absolute Gasteiger partial charge is 0.326 e. The van der Waals surface area contributed by atoms with E-state index in [2.05, 4.69) is 15.3 Å². The van der Waals surface area contributed by atoms with Gasteiger partial charge in [0.05, 0.1) is 18.1 Å². The molecule has 0 radical (unpaired) electrons. The Hall–Kier alpha value is -1.89. The van der Waals surface area contributed by atoms with Gasteiger partial charge in [-0.2, -0.15) is 0 Å². The molecule has 1 aromatic rings. The zero-order valence-corrected chi connectivity index (χ0v) is 10.5. The van der Waals surface area contributed by atoms with Gasteiger partial charge < -0.3 is 15.0 Å². The van der Waals surface area contributed by atoms with Gasteiger partial charge in [0.25, 0.3) is 5.56 Å². The van der Waals surface area contributed by atoms with Crippen molar-refractivity contribution in [3.8, 4) is 0 Å². The first kappa shape index (κ1) is 12.2. The van der Waals surface area contributed by atoms with Crippen molar-refractivity contribution in [2.24, 2.45) is 5.92 Å². The molecule has 19 heavy (non-hydrogen) atoms. The molecule has 2 saturated heterocycles. The van der Waals surface area contributed by atoms with Crippen LogP contribution in [0.25, 0.3) is 0 Å². The number of amides is 1. The summed E-state index contributed by atoms with van der Waals surface area (Å²) in [7, 11) is 0. The Morgan fingerprint density at radius 1 is 1.32 bits per heavy atom. The maximum Gasteiger partial charge on any atom is 0.326 e. The molecule has 3 N–H and O–H groups in total. The van der Waals surface area contributed by atoms with Crippen LogP contribution in [-0.2, 0) is 9.53 Å². The normalized spacial score (nSPS) is 28.6. The molecule has 2 aliphatic rings. The molecule has 0 spiro atoms. The second-order valence-electron chi connectivity index (χ2n) is 5.11. The summed E-state index contributed by atoms with van der Waals surface area (Å²) >= 11 is 0. The van der Waals surface area contributed by atoms with E-state index in [0.717, 1.165) is 12.8 Å². The molecular weight excluding hydrogens is 250 g/mol. The molecule has 0 unspecified atom stereocenters. The average Bonchev–Trinajstić information content (AvgIpc) is 2.95. The predicted octanol–water partition coefficient (Wildman–Crippen LogP) is -0.122. The average molecular weight is 265 g/mol. The monoisotopic (exact) mass is 265 g/mol. The molecule has 3 heterocycles. The number of carbonyl (C=O) groups excluding carboxylic acids is 1. The van der Waals surface area contributed by atoms with E-state index in [4.69, 9.17) is 4.74 Å². The molecule has 3 rings (SSSR count). The van der Waals surface area contributed by atoms with E-state index in [1.807, 2.05) is 0 Å². The van der Waals surface area contributed by atoms with Gasteiger partial charge in [-0.1, -0.05) is 0 Å². The van der Waals surface area contributed by atoms with Crippen LogP contribution >= 0.6 is 0 Å². The number of rotatable bonds is 2. The summed E-state index contributed by atoms with van der Waals surface area (Å²) in [5.41, 5.74) is -0.707. The molecule has 1 amide bonds. The second-order valence-corrected chi connectivity index (χ2v) is 5.11. The Bertz CT molecular complexity index is 633. The lowest BCUT2D eigenvalue weighted by Gasteiger charge is -2.18. The number of nitrogens with one attached hydrogen (secondary N) is 3. The van der Waals surface area contributed by atoms with Gasteiger partial charge in [-0.25, -0.2) is 4.79 Å². The molecule has 2 fully saturated rings. The van der Waals surface area contributed by atoms with Crippen LogP contribution < -0.4 is 16.6 Å². The second kappa shape index (κ2) is 4.34. The lowest BCUT2D eigenvalue weighted by atomic mass is 9.88. The van der Waals surface area contributed by atoms with Gasteiger partial charge in [0.1, 0.15) is 5.69 Å². The van der Waals surface area contributed by atoms with E-state index in [1.54, 1.807) is 6.92 Å². The van der Waals surface area contributed by atoms with Crippen molar-refractivity contribution in [2.45, 2.75) is 38.4 Å². The summed E-state index contributed by atoms with van der Waals surface area (Å²) in [6.07, 6.45) is 2.75. The fourth-order valence-corrected chi connectivity index (χ4v) is 2.88. The summed E-state index contributed by atoms with van der Waals surface area (Å²) in [4.78, 5) is 39.4. The highest BCUT2D eigenvalue weighted by molar-refractivity contribution is 5.93. The third kappa shape index (κ3) is 2.10. The van der Waals surface area contributed by atoms with E-state index >= 15 is 0 Å². The lowest BCUT2D eigenvalue weighted by Crippen LogP contribution is -2.34. The summed E-state index contributed by atoms with van der Waals surface area (Å²) in [6.45, 7) is 1.57. The van der Waals surface area contributed by atoms with Gasteiger partial charge >= 0.3 is 5.69 Å². The van der Waals surface area contributed by atoms with Crippen molar-refractivity contribution in [1.82, 2.24) is 9.97 Å². The van der Waals surface area contributed by atoms with Crippen molar-refractivity contribution in [3.63, 3.8) is 0 Å². The number of aromatic nitrogens is 2. The fraction of sp³-hybridized carbons (Fsp3) is 0.583. The fourth-order valence-electron chi connectivity index (χ4n) is 2.88. The number of ether oxygens (including phenoxy) is 1. The molecule has 7 nitrogen and oxygen atoms in total. The van der Waals surface area contributed by atoms with Gasteiger partial charge in [0.2, 0.25) is 5.91 Å². The number of hydrogen-bond donors (Lipinski definition) is 3. The van der Waals surface area contributed by atoms with Crippen LogP contribution in [0.3, 0.4) is 0 Å². The first-order chi connectivity index (χ1) is 9.04. The number of anilines is 1. The lowest BCUT2D eigenvalue weighted by molar-refractivity contribution is -0.121. The third-order valence-electron chi connectivity index (χ3n) is 3.82.